The Balaban J connectivity index is 1.58. The quantitative estimate of drug-likeness (QED) is 0.873. The summed E-state index contributed by atoms with van der Waals surface area (Å²) in [6.45, 7) is 9.08. The van der Waals surface area contributed by atoms with Crippen molar-refractivity contribution < 1.29 is 9.13 Å². The molecule has 27 heavy (non-hydrogen) atoms. The summed E-state index contributed by atoms with van der Waals surface area (Å²) in [4.78, 5) is 13.2. The van der Waals surface area contributed by atoms with Crippen molar-refractivity contribution in [3.05, 3.63) is 35.8 Å². The normalized spacial score (nSPS) is 28.3. The number of alkyl halides is 1. The lowest BCUT2D eigenvalue weighted by atomic mass is 9.82. The molecule has 3 heterocycles. The van der Waals surface area contributed by atoms with Gasteiger partial charge in [-0.2, -0.15) is 0 Å². The lowest BCUT2D eigenvalue weighted by Gasteiger charge is -2.43. The largest absolute Gasteiger partial charge is 0.464 e. The van der Waals surface area contributed by atoms with Crippen LogP contribution >= 0.6 is 0 Å². The molecule has 4 rings (SSSR count). The molecule has 2 aliphatic heterocycles. The number of rotatable bonds is 4. The average Bonchev–Trinajstić information content (AvgIpc) is 2.69. The molecule has 2 fully saturated rings. The minimum atomic E-state index is -0.886. The number of hydrogen-bond acceptors (Lipinski definition) is 6. The van der Waals surface area contributed by atoms with Crippen molar-refractivity contribution in [3.63, 3.8) is 0 Å². The zero-order valence-electron chi connectivity index (χ0n) is 16.1. The zero-order chi connectivity index (χ0) is 18.8. The van der Waals surface area contributed by atoms with Crippen molar-refractivity contribution in [3.8, 4) is 6.01 Å². The summed E-state index contributed by atoms with van der Waals surface area (Å²) in [5, 5.41) is 3.48. The minimum Gasteiger partial charge on any atom is -0.464 e. The molecular weight excluding hydrogens is 345 g/mol. The van der Waals surface area contributed by atoms with Crippen molar-refractivity contribution in [2.24, 2.45) is 5.92 Å². The number of anilines is 1. The van der Waals surface area contributed by atoms with E-state index in [1.807, 2.05) is 13.0 Å². The molecule has 0 aromatic carbocycles. The summed E-state index contributed by atoms with van der Waals surface area (Å²) in [5.41, 5.74) is 3.38. The average molecular weight is 373 g/mol. The zero-order valence-corrected chi connectivity index (χ0v) is 16.1. The van der Waals surface area contributed by atoms with E-state index in [-0.39, 0.29) is 5.92 Å². The number of nitrogens with zero attached hydrogens (tertiary/aromatic N) is 4. The van der Waals surface area contributed by atoms with Crippen LogP contribution in [0.4, 0.5) is 10.1 Å². The number of aromatic nitrogens is 2. The first-order valence-corrected chi connectivity index (χ1v) is 9.89. The van der Waals surface area contributed by atoms with Crippen LogP contribution in [0.25, 0.3) is 0 Å². The van der Waals surface area contributed by atoms with Crippen molar-refractivity contribution >= 4 is 5.69 Å². The van der Waals surface area contributed by atoms with Gasteiger partial charge in [0.2, 0.25) is 0 Å². The maximum Gasteiger partial charge on any atom is 0.316 e. The van der Waals surface area contributed by atoms with Crippen molar-refractivity contribution in [1.29, 1.82) is 0 Å². The first-order chi connectivity index (χ1) is 13.2. The molecule has 6 nitrogen and oxygen atoms in total. The fourth-order valence-electron chi connectivity index (χ4n) is 4.27. The van der Waals surface area contributed by atoms with Crippen molar-refractivity contribution in [2.75, 3.05) is 44.2 Å². The molecule has 2 unspecified atom stereocenters. The van der Waals surface area contributed by atoms with E-state index in [9.17, 15) is 4.39 Å². The summed E-state index contributed by atoms with van der Waals surface area (Å²) >= 11 is 0. The van der Waals surface area contributed by atoms with E-state index in [4.69, 9.17) is 4.74 Å². The second-order valence-corrected chi connectivity index (χ2v) is 7.49. The maximum atomic E-state index is 14.6. The van der Waals surface area contributed by atoms with Crippen LogP contribution in [0.15, 0.2) is 35.8 Å². The van der Waals surface area contributed by atoms with Crippen molar-refractivity contribution in [1.82, 2.24) is 20.2 Å². The van der Waals surface area contributed by atoms with E-state index >= 15 is 0 Å². The smallest absolute Gasteiger partial charge is 0.316 e. The molecule has 1 aromatic heterocycles. The third-order valence-corrected chi connectivity index (χ3v) is 5.63. The molecule has 7 heteroatoms. The number of piperidine rings is 1. The third kappa shape index (κ3) is 3.78. The highest BCUT2D eigenvalue weighted by Crippen LogP contribution is 2.37. The van der Waals surface area contributed by atoms with Gasteiger partial charge < -0.3 is 19.9 Å². The topological polar surface area (TPSA) is 53.5 Å². The van der Waals surface area contributed by atoms with Gasteiger partial charge in [-0.15, -0.1) is 0 Å². The van der Waals surface area contributed by atoms with E-state index in [0.29, 0.717) is 18.7 Å². The number of fused-ring (bicyclic) bond motifs is 1. The molecule has 0 radical (unpaired) electrons. The molecule has 0 amide bonds. The van der Waals surface area contributed by atoms with Gasteiger partial charge in [-0.3, -0.25) is 0 Å². The third-order valence-electron chi connectivity index (χ3n) is 5.63. The highest BCUT2D eigenvalue weighted by Gasteiger charge is 2.35. The van der Waals surface area contributed by atoms with E-state index in [0.717, 1.165) is 44.8 Å². The molecule has 2 saturated heterocycles. The maximum absolute atomic E-state index is 14.6. The van der Waals surface area contributed by atoms with Gasteiger partial charge >= 0.3 is 6.01 Å². The fourth-order valence-corrected chi connectivity index (χ4v) is 4.27. The molecule has 146 valence electrons. The summed E-state index contributed by atoms with van der Waals surface area (Å²) in [6, 6.07) is 0.844. The molecule has 1 aliphatic carbocycles. The second-order valence-electron chi connectivity index (χ2n) is 7.49. The number of ether oxygens (including phenoxy) is 1. The molecular formula is C20H28FN5O. The van der Waals surface area contributed by atoms with E-state index in [1.165, 1.54) is 11.3 Å². The van der Waals surface area contributed by atoms with Crippen LogP contribution in [0.5, 0.6) is 6.01 Å². The SMILES string of the molecule is CCOc1ncc(N2CCC3C(=C(N4CCN[C@H](C)C4)C=CC3F)C2)cn1. The number of halogens is 1. The number of hydrogen-bond donors (Lipinski definition) is 1. The van der Waals surface area contributed by atoms with Gasteiger partial charge in [-0.25, -0.2) is 14.4 Å². The number of allylic oxidation sites excluding steroid dienone is 2. The van der Waals surface area contributed by atoms with Gasteiger partial charge in [-0.1, -0.05) is 0 Å². The lowest BCUT2D eigenvalue weighted by Crippen LogP contribution is -2.50. The van der Waals surface area contributed by atoms with Crippen LogP contribution in [-0.2, 0) is 0 Å². The van der Waals surface area contributed by atoms with Gasteiger partial charge in [0.05, 0.1) is 24.7 Å². The summed E-state index contributed by atoms with van der Waals surface area (Å²) in [5.74, 6) is -0.0185. The van der Waals surface area contributed by atoms with Gasteiger partial charge in [0.15, 0.2) is 0 Å². The van der Waals surface area contributed by atoms with Crippen LogP contribution in [0.1, 0.15) is 20.3 Å². The Labute approximate surface area is 160 Å². The van der Waals surface area contributed by atoms with Gasteiger partial charge in [0, 0.05) is 50.4 Å². The highest BCUT2D eigenvalue weighted by atomic mass is 19.1. The summed E-state index contributed by atoms with van der Waals surface area (Å²) in [7, 11) is 0. The highest BCUT2D eigenvalue weighted by molar-refractivity contribution is 5.48. The Morgan fingerprint density at radius 1 is 1.26 bits per heavy atom. The standard InChI is InChI=1S/C20H28FN5O/c1-3-27-20-23-10-15(11-24-20)25-8-6-16-17(13-25)19(5-4-18(16)21)26-9-7-22-14(2)12-26/h4-5,10-11,14,16,18,22H,3,6-9,12-13H2,1-2H3/t14-,16?,18?/m1/s1. The van der Waals surface area contributed by atoms with Gasteiger partial charge in [0.25, 0.3) is 0 Å². The van der Waals surface area contributed by atoms with Crippen molar-refractivity contribution in [2.45, 2.75) is 32.5 Å². The monoisotopic (exact) mass is 373 g/mol. The van der Waals surface area contributed by atoms with Crippen LogP contribution in [0.2, 0.25) is 0 Å². The fraction of sp³-hybridized carbons (Fsp3) is 0.600. The summed E-state index contributed by atoms with van der Waals surface area (Å²) in [6.07, 6.45) is 7.26. The summed E-state index contributed by atoms with van der Waals surface area (Å²) < 4.78 is 19.9. The predicted octanol–water partition coefficient (Wildman–Crippen LogP) is 2.16. The van der Waals surface area contributed by atoms with Crippen LogP contribution in [0.3, 0.4) is 0 Å². The number of nitrogens with one attached hydrogen (secondary N) is 1. The van der Waals surface area contributed by atoms with Crippen LogP contribution in [-0.4, -0.2) is 66.4 Å². The molecule has 3 atom stereocenters. The molecule has 0 spiro atoms. The molecule has 0 bridgehead atoms. The van der Waals surface area contributed by atoms with E-state index in [1.54, 1.807) is 18.5 Å². The Morgan fingerprint density at radius 2 is 2.07 bits per heavy atom. The van der Waals surface area contributed by atoms with Crippen LogP contribution in [0, 0.1) is 5.92 Å². The van der Waals surface area contributed by atoms with Crippen LogP contribution < -0.4 is 15.0 Å². The lowest BCUT2D eigenvalue weighted by molar-refractivity contribution is 0.236. The first-order valence-electron chi connectivity index (χ1n) is 9.89. The molecule has 3 aliphatic rings. The molecule has 1 aromatic rings. The second kappa shape index (κ2) is 7.84. The minimum absolute atomic E-state index is 0.0185. The Bertz CT molecular complexity index is 720. The van der Waals surface area contributed by atoms with E-state index in [2.05, 4.69) is 32.0 Å². The molecule has 1 N–H and O–H groups in total. The Morgan fingerprint density at radius 3 is 2.81 bits per heavy atom. The Kier molecular flexibility index (Phi) is 5.29. The van der Waals surface area contributed by atoms with E-state index < -0.39 is 6.17 Å². The Hall–Kier alpha value is -2.15. The van der Waals surface area contributed by atoms with Gasteiger partial charge in [-0.05, 0) is 38.0 Å². The predicted molar refractivity (Wildman–Crippen MR) is 104 cm³/mol. The first kappa shape index (κ1) is 18.2. The van der Waals surface area contributed by atoms with Gasteiger partial charge in [0.1, 0.15) is 6.17 Å². The number of piperazine rings is 1. The molecule has 0 saturated carbocycles.